The second-order valence-electron chi connectivity index (χ2n) is 7.52. The quantitative estimate of drug-likeness (QED) is 0.588. The molecule has 5 rings (SSSR count). The minimum atomic E-state index is -0.378. The van der Waals surface area contributed by atoms with E-state index in [4.69, 9.17) is 9.47 Å². The summed E-state index contributed by atoms with van der Waals surface area (Å²) in [6.07, 6.45) is 1.40. The molecule has 0 aliphatic carbocycles. The molecule has 2 aromatic carbocycles. The molecule has 2 aliphatic rings. The zero-order valence-electron chi connectivity index (χ0n) is 16.4. The van der Waals surface area contributed by atoms with Gasteiger partial charge in [-0.05, 0) is 41.2 Å². The van der Waals surface area contributed by atoms with E-state index in [9.17, 15) is 4.39 Å². The second kappa shape index (κ2) is 7.98. The van der Waals surface area contributed by atoms with Gasteiger partial charge in [-0.1, -0.05) is 6.07 Å². The molecule has 30 heavy (non-hydrogen) atoms. The van der Waals surface area contributed by atoms with Crippen LogP contribution in [0.3, 0.4) is 0 Å². The molecule has 1 unspecified atom stereocenters. The maximum atomic E-state index is 14.4. The Morgan fingerprint density at radius 3 is 2.93 bits per heavy atom. The standard InChI is InChI=1S/C21H21BrFN5O2/c1-24-12-7-28(8-12)9-13-10-29-18-6-17-14(5-19(18)30-13)21(26-11-25-17)27-16-4-2-3-15(22)20(16)23/h2-6,11-13,24H,7-10H2,1H3,(H,25,26,27). The summed E-state index contributed by atoms with van der Waals surface area (Å²) >= 11 is 3.21. The van der Waals surface area contributed by atoms with Crippen molar-refractivity contribution in [2.75, 3.05) is 38.6 Å². The highest BCUT2D eigenvalue weighted by atomic mass is 79.9. The predicted octanol–water partition coefficient (Wildman–Crippen LogP) is 3.32. The van der Waals surface area contributed by atoms with Crippen LogP contribution in [0.15, 0.2) is 41.1 Å². The van der Waals surface area contributed by atoms with Crippen LogP contribution >= 0.6 is 15.9 Å². The number of anilines is 2. The van der Waals surface area contributed by atoms with E-state index >= 15 is 0 Å². The summed E-state index contributed by atoms with van der Waals surface area (Å²) in [6.45, 7) is 3.34. The van der Waals surface area contributed by atoms with Crippen molar-refractivity contribution >= 4 is 38.3 Å². The van der Waals surface area contributed by atoms with Gasteiger partial charge in [0, 0.05) is 37.1 Å². The molecule has 2 N–H and O–H groups in total. The first-order valence-electron chi connectivity index (χ1n) is 9.79. The van der Waals surface area contributed by atoms with Gasteiger partial charge in [0.1, 0.15) is 24.9 Å². The Bertz CT molecular complexity index is 1090. The van der Waals surface area contributed by atoms with Crippen LogP contribution in [-0.2, 0) is 0 Å². The topological polar surface area (TPSA) is 71.5 Å². The molecular weight excluding hydrogens is 453 g/mol. The van der Waals surface area contributed by atoms with Gasteiger partial charge in [0.05, 0.1) is 15.7 Å². The third-order valence-corrected chi connectivity index (χ3v) is 6.06. The molecule has 9 heteroatoms. The van der Waals surface area contributed by atoms with Gasteiger partial charge in [-0.25, -0.2) is 14.4 Å². The third-order valence-electron chi connectivity index (χ3n) is 5.45. The number of hydrogen-bond donors (Lipinski definition) is 2. The summed E-state index contributed by atoms with van der Waals surface area (Å²) < 4.78 is 27.0. The Morgan fingerprint density at radius 1 is 1.23 bits per heavy atom. The van der Waals surface area contributed by atoms with Gasteiger partial charge in [0.25, 0.3) is 0 Å². The lowest BCUT2D eigenvalue weighted by molar-refractivity contribution is 0.0286. The van der Waals surface area contributed by atoms with Crippen molar-refractivity contribution in [3.05, 3.63) is 46.9 Å². The summed E-state index contributed by atoms with van der Waals surface area (Å²) in [5, 5.41) is 7.08. The van der Waals surface area contributed by atoms with E-state index < -0.39 is 0 Å². The van der Waals surface area contributed by atoms with Crippen molar-refractivity contribution in [3.8, 4) is 11.5 Å². The number of ether oxygens (including phenoxy) is 2. The summed E-state index contributed by atoms with van der Waals surface area (Å²) in [7, 11) is 1.98. The Kier molecular flexibility index (Phi) is 5.18. The van der Waals surface area contributed by atoms with Gasteiger partial charge >= 0.3 is 0 Å². The van der Waals surface area contributed by atoms with Gasteiger partial charge in [-0.15, -0.1) is 0 Å². The maximum absolute atomic E-state index is 14.4. The molecule has 1 fully saturated rings. The van der Waals surface area contributed by atoms with Gasteiger partial charge in [-0.3, -0.25) is 4.90 Å². The van der Waals surface area contributed by atoms with Gasteiger partial charge in [0.2, 0.25) is 0 Å². The highest BCUT2D eigenvalue weighted by Gasteiger charge is 2.30. The molecular formula is C21H21BrFN5O2. The molecule has 3 aromatic rings. The fourth-order valence-corrected chi connectivity index (χ4v) is 4.14. The van der Waals surface area contributed by atoms with Crippen molar-refractivity contribution < 1.29 is 13.9 Å². The van der Waals surface area contributed by atoms with E-state index in [1.165, 1.54) is 6.33 Å². The molecule has 0 radical (unpaired) electrons. The molecule has 0 bridgehead atoms. The van der Waals surface area contributed by atoms with E-state index in [-0.39, 0.29) is 11.9 Å². The number of fused-ring (bicyclic) bond motifs is 2. The zero-order chi connectivity index (χ0) is 20.7. The van der Waals surface area contributed by atoms with Gasteiger partial charge in [-0.2, -0.15) is 0 Å². The van der Waals surface area contributed by atoms with Crippen LogP contribution in [0.25, 0.3) is 10.9 Å². The molecule has 1 saturated heterocycles. The van der Waals surface area contributed by atoms with Crippen molar-refractivity contribution in [2.24, 2.45) is 0 Å². The van der Waals surface area contributed by atoms with Crippen LogP contribution in [-0.4, -0.2) is 60.3 Å². The fourth-order valence-electron chi connectivity index (χ4n) is 3.77. The SMILES string of the molecule is CNC1CN(CC2COc3cc4ncnc(Nc5cccc(Br)c5F)c4cc3O2)C1. The van der Waals surface area contributed by atoms with E-state index in [0.717, 1.165) is 25.0 Å². The van der Waals surface area contributed by atoms with Crippen LogP contribution in [0.5, 0.6) is 11.5 Å². The number of aromatic nitrogens is 2. The minimum Gasteiger partial charge on any atom is -0.486 e. The average molecular weight is 474 g/mol. The first-order chi connectivity index (χ1) is 14.6. The molecule has 7 nitrogen and oxygen atoms in total. The number of likely N-dealkylation sites (N-methyl/N-ethyl adjacent to an activating group) is 1. The largest absolute Gasteiger partial charge is 0.486 e. The molecule has 0 saturated carbocycles. The first kappa shape index (κ1) is 19.5. The molecule has 0 amide bonds. The smallest absolute Gasteiger partial charge is 0.163 e. The van der Waals surface area contributed by atoms with Crippen LogP contribution in [0.1, 0.15) is 0 Å². The molecule has 156 valence electrons. The number of rotatable bonds is 5. The average Bonchev–Trinajstić information content (AvgIpc) is 2.72. The maximum Gasteiger partial charge on any atom is 0.163 e. The Balaban J connectivity index is 1.40. The second-order valence-corrected chi connectivity index (χ2v) is 8.37. The highest BCUT2D eigenvalue weighted by Crippen LogP contribution is 2.38. The van der Waals surface area contributed by atoms with E-state index in [1.54, 1.807) is 18.2 Å². The van der Waals surface area contributed by atoms with Crippen molar-refractivity contribution in [2.45, 2.75) is 12.1 Å². The van der Waals surface area contributed by atoms with E-state index in [1.807, 2.05) is 19.2 Å². The number of benzene rings is 2. The number of hydrogen-bond acceptors (Lipinski definition) is 7. The molecule has 1 atom stereocenters. The van der Waals surface area contributed by atoms with Crippen molar-refractivity contribution in [1.82, 2.24) is 20.2 Å². The molecule has 2 aliphatic heterocycles. The summed E-state index contributed by atoms with van der Waals surface area (Å²) in [5.41, 5.74) is 1.03. The first-order valence-corrected chi connectivity index (χ1v) is 10.6. The predicted molar refractivity (Wildman–Crippen MR) is 116 cm³/mol. The van der Waals surface area contributed by atoms with Crippen molar-refractivity contribution in [3.63, 3.8) is 0 Å². The van der Waals surface area contributed by atoms with Gasteiger partial charge in [0.15, 0.2) is 17.3 Å². The Hall–Kier alpha value is -2.49. The van der Waals surface area contributed by atoms with Crippen LogP contribution < -0.4 is 20.1 Å². The van der Waals surface area contributed by atoms with Crippen LogP contribution in [0.2, 0.25) is 0 Å². The number of nitrogens with one attached hydrogen (secondary N) is 2. The highest BCUT2D eigenvalue weighted by molar-refractivity contribution is 9.10. The lowest BCUT2D eigenvalue weighted by atomic mass is 10.1. The normalized spacial score (nSPS) is 19.0. The van der Waals surface area contributed by atoms with Crippen LogP contribution in [0.4, 0.5) is 15.9 Å². The van der Waals surface area contributed by atoms with Crippen molar-refractivity contribution in [1.29, 1.82) is 0 Å². The number of nitrogens with zero attached hydrogens (tertiary/aromatic N) is 3. The summed E-state index contributed by atoms with van der Waals surface area (Å²) in [6, 6.07) is 9.32. The monoisotopic (exact) mass is 473 g/mol. The van der Waals surface area contributed by atoms with E-state index in [0.29, 0.717) is 45.6 Å². The van der Waals surface area contributed by atoms with Gasteiger partial charge < -0.3 is 20.1 Å². The third kappa shape index (κ3) is 3.68. The lowest BCUT2D eigenvalue weighted by Gasteiger charge is -2.41. The number of halogens is 2. The summed E-state index contributed by atoms with van der Waals surface area (Å²) in [4.78, 5) is 11.0. The Labute approximate surface area is 181 Å². The molecule has 3 heterocycles. The molecule has 1 aromatic heterocycles. The van der Waals surface area contributed by atoms with Crippen LogP contribution in [0, 0.1) is 5.82 Å². The Morgan fingerprint density at radius 2 is 2.10 bits per heavy atom. The van der Waals surface area contributed by atoms with E-state index in [2.05, 4.69) is 41.4 Å². The number of likely N-dealkylation sites (tertiary alicyclic amines) is 1. The lowest BCUT2D eigenvalue weighted by Crippen LogP contribution is -2.59. The molecule has 0 spiro atoms. The minimum absolute atomic E-state index is 0.0451. The summed E-state index contributed by atoms with van der Waals surface area (Å²) in [5.74, 6) is 1.44. The zero-order valence-corrected chi connectivity index (χ0v) is 17.9. The fraction of sp³-hybridized carbons (Fsp3) is 0.333.